The van der Waals surface area contributed by atoms with Crippen LogP contribution in [0.25, 0.3) is 10.8 Å². The first-order chi connectivity index (χ1) is 7.24. The number of fused-ring (bicyclic) bond motifs is 1. The van der Waals surface area contributed by atoms with Crippen molar-refractivity contribution in [3.63, 3.8) is 0 Å². The molecular formula is C13H14ClN. The van der Waals surface area contributed by atoms with Gasteiger partial charge >= 0.3 is 0 Å². The van der Waals surface area contributed by atoms with Crippen molar-refractivity contribution < 1.29 is 0 Å². The molecule has 0 saturated heterocycles. The minimum absolute atomic E-state index is 0.340. The lowest BCUT2D eigenvalue weighted by Gasteiger charge is -2.14. The average Bonchev–Trinajstić information content (AvgIpc) is 2.29. The van der Waals surface area contributed by atoms with Gasteiger partial charge < -0.3 is 5.32 Å². The summed E-state index contributed by atoms with van der Waals surface area (Å²) in [7, 11) is 1.97. The van der Waals surface area contributed by atoms with Crippen LogP contribution in [0.15, 0.2) is 36.4 Å². The molecule has 2 heteroatoms. The predicted molar refractivity (Wildman–Crippen MR) is 66.4 cm³/mol. The zero-order valence-corrected chi connectivity index (χ0v) is 9.68. The van der Waals surface area contributed by atoms with Gasteiger partial charge in [-0.25, -0.2) is 0 Å². The third-order valence-corrected chi connectivity index (χ3v) is 3.13. The topological polar surface area (TPSA) is 12.0 Å². The Hall–Kier alpha value is -1.05. The van der Waals surface area contributed by atoms with Crippen LogP contribution in [0.4, 0.5) is 0 Å². The van der Waals surface area contributed by atoms with E-state index in [0.717, 1.165) is 10.4 Å². The quantitative estimate of drug-likeness (QED) is 0.811. The van der Waals surface area contributed by atoms with Crippen molar-refractivity contribution in [1.29, 1.82) is 0 Å². The fourth-order valence-corrected chi connectivity index (χ4v) is 2.05. The molecule has 2 aromatic carbocycles. The fraction of sp³-hybridized carbons (Fsp3) is 0.231. The van der Waals surface area contributed by atoms with E-state index in [4.69, 9.17) is 11.6 Å². The molecule has 1 atom stereocenters. The highest BCUT2D eigenvalue weighted by Crippen LogP contribution is 2.29. The molecule has 0 aliphatic heterocycles. The molecule has 0 fully saturated rings. The van der Waals surface area contributed by atoms with Crippen LogP contribution in [-0.4, -0.2) is 7.05 Å². The SMILES string of the molecule is CNC(C)c1ccc(Cl)c2ccccc12. The molecule has 0 aromatic heterocycles. The summed E-state index contributed by atoms with van der Waals surface area (Å²) < 4.78 is 0. The Morgan fingerprint density at radius 2 is 1.73 bits per heavy atom. The molecule has 0 radical (unpaired) electrons. The number of nitrogens with one attached hydrogen (secondary N) is 1. The number of halogens is 1. The molecule has 1 unspecified atom stereocenters. The van der Waals surface area contributed by atoms with Crippen LogP contribution in [0.1, 0.15) is 18.5 Å². The highest BCUT2D eigenvalue weighted by molar-refractivity contribution is 6.35. The van der Waals surface area contributed by atoms with Gasteiger partial charge in [-0.05, 0) is 31.0 Å². The highest BCUT2D eigenvalue weighted by Gasteiger charge is 2.08. The third kappa shape index (κ3) is 1.85. The average molecular weight is 220 g/mol. The molecule has 0 saturated carbocycles. The van der Waals surface area contributed by atoms with Gasteiger partial charge in [0.2, 0.25) is 0 Å². The van der Waals surface area contributed by atoms with Crippen LogP contribution in [0, 0.1) is 0 Å². The smallest absolute Gasteiger partial charge is 0.0484 e. The normalized spacial score (nSPS) is 13.0. The van der Waals surface area contributed by atoms with Crippen molar-refractivity contribution in [3.8, 4) is 0 Å². The molecule has 15 heavy (non-hydrogen) atoms. The maximum atomic E-state index is 6.16. The molecule has 2 aromatic rings. The van der Waals surface area contributed by atoms with E-state index < -0.39 is 0 Å². The molecule has 0 aliphatic rings. The first-order valence-electron chi connectivity index (χ1n) is 5.08. The van der Waals surface area contributed by atoms with Crippen LogP contribution in [0.2, 0.25) is 5.02 Å². The van der Waals surface area contributed by atoms with Crippen LogP contribution in [0.3, 0.4) is 0 Å². The van der Waals surface area contributed by atoms with Crippen LogP contribution in [0.5, 0.6) is 0 Å². The second kappa shape index (κ2) is 4.21. The molecule has 0 aliphatic carbocycles. The van der Waals surface area contributed by atoms with Gasteiger partial charge in [0.25, 0.3) is 0 Å². The lowest BCUT2D eigenvalue weighted by molar-refractivity contribution is 0.657. The van der Waals surface area contributed by atoms with E-state index in [2.05, 4.69) is 30.4 Å². The number of hydrogen-bond acceptors (Lipinski definition) is 1. The van der Waals surface area contributed by atoms with Crippen molar-refractivity contribution in [3.05, 3.63) is 47.0 Å². The lowest BCUT2D eigenvalue weighted by Crippen LogP contribution is -2.12. The van der Waals surface area contributed by atoms with Gasteiger partial charge in [-0.1, -0.05) is 41.9 Å². The summed E-state index contributed by atoms with van der Waals surface area (Å²) in [5, 5.41) is 6.42. The van der Waals surface area contributed by atoms with E-state index in [0.29, 0.717) is 6.04 Å². The van der Waals surface area contributed by atoms with Gasteiger partial charge in [0.15, 0.2) is 0 Å². The summed E-state index contributed by atoms with van der Waals surface area (Å²) in [6.07, 6.45) is 0. The van der Waals surface area contributed by atoms with Crippen molar-refractivity contribution in [2.24, 2.45) is 0 Å². The maximum absolute atomic E-state index is 6.16. The van der Waals surface area contributed by atoms with Crippen molar-refractivity contribution in [2.75, 3.05) is 7.05 Å². The Labute approximate surface area is 95.1 Å². The molecule has 0 amide bonds. The van der Waals surface area contributed by atoms with Gasteiger partial charge in [0, 0.05) is 16.5 Å². The molecule has 0 spiro atoms. The first kappa shape index (κ1) is 10.5. The Morgan fingerprint density at radius 3 is 2.40 bits per heavy atom. The zero-order chi connectivity index (χ0) is 10.8. The van der Waals surface area contributed by atoms with Gasteiger partial charge in [0.05, 0.1) is 0 Å². The Morgan fingerprint density at radius 1 is 1.07 bits per heavy atom. The second-order valence-corrected chi connectivity index (χ2v) is 4.10. The highest BCUT2D eigenvalue weighted by atomic mass is 35.5. The third-order valence-electron chi connectivity index (χ3n) is 2.80. The summed E-state index contributed by atoms with van der Waals surface area (Å²) in [6, 6.07) is 12.6. The molecule has 1 nitrogen and oxygen atoms in total. The summed E-state index contributed by atoms with van der Waals surface area (Å²) in [6.45, 7) is 2.15. The molecule has 0 bridgehead atoms. The van der Waals surface area contributed by atoms with Crippen LogP contribution < -0.4 is 5.32 Å². The Bertz CT molecular complexity index is 479. The fourth-order valence-electron chi connectivity index (χ4n) is 1.82. The minimum atomic E-state index is 0.340. The van der Waals surface area contributed by atoms with E-state index >= 15 is 0 Å². The number of benzene rings is 2. The summed E-state index contributed by atoms with van der Waals surface area (Å²) >= 11 is 6.16. The number of hydrogen-bond donors (Lipinski definition) is 1. The van der Waals surface area contributed by atoms with E-state index in [1.54, 1.807) is 0 Å². The van der Waals surface area contributed by atoms with Gasteiger partial charge in [-0.3, -0.25) is 0 Å². The lowest BCUT2D eigenvalue weighted by atomic mass is 10.00. The Balaban J connectivity index is 2.71. The van der Waals surface area contributed by atoms with Gasteiger partial charge in [-0.2, -0.15) is 0 Å². The number of rotatable bonds is 2. The maximum Gasteiger partial charge on any atom is 0.0484 e. The second-order valence-electron chi connectivity index (χ2n) is 3.69. The minimum Gasteiger partial charge on any atom is -0.313 e. The van der Waals surface area contributed by atoms with Crippen molar-refractivity contribution >= 4 is 22.4 Å². The van der Waals surface area contributed by atoms with Gasteiger partial charge in [-0.15, -0.1) is 0 Å². The van der Waals surface area contributed by atoms with E-state index in [1.807, 2.05) is 25.2 Å². The largest absolute Gasteiger partial charge is 0.313 e. The van der Waals surface area contributed by atoms with Crippen molar-refractivity contribution in [2.45, 2.75) is 13.0 Å². The van der Waals surface area contributed by atoms with E-state index in [9.17, 15) is 0 Å². The van der Waals surface area contributed by atoms with E-state index in [-0.39, 0.29) is 0 Å². The van der Waals surface area contributed by atoms with Gasteiger partial charge in [0.1, 0.15) is 0 Å². The molecule has 78 valence electrons. The molecular weight excluding hydrogens is 206 g/mol. The summed E-state index contributed by atoms with van der Waals surface area (Å²) in [5.41, 5.74) is 1.29. The summed E-state index contributed by atoms with van der Waals surface area (Å²) in [5.74, 6) is 0. The zero-order valence-electron chi connectivity index (χ0n) is 8.92. The molecule has 1 N–H and O–H groups in total. The standard InChI is InChI=1S/C13H14ClN/c1-9(15-2)10-7-8-13(14)12-6-4-3-5-11(10)12/h3-9,15H,1-2H3. The summed E-state index contributed by atoms with van der Waals surface area (Å²) in [4.78, 5) is 0. The predicted octanol–water partition coefficient (Wildman–Crippen LogP) is 3.77. The monoisotopic (exact) mass is 219 g/mol. The van der Waals surface area contributed by atoms with Crippen LogP contribution in [-0.2, 0) is 0 Å². The first-order valence-corrected chi connectivity index (χ1v) is 5.46. The molecule has 0 heterocycles. The Kier molecular flexibility index (Phi) is 2.94. The molecule has 2 rings (SSSR count). The van der Waals surface area contributed by atoms with Crippen LogP contribution >= 0.6 is 11.6 Å². The van der Waals surface area contributed by atoms with Crippen molar-refractivity contribution in [1.82, 2.24) is 5.32 Å². The van der Waals surface area contributed by atoms with E-state index in [1.165, 1.54) is 10.9 Å².